The maximum Gasteiger partial charge on any atom is 0.357 e. The quantitative estimate of drug-likeness (QED) is 0.587. The van der Waals surface area contributed by atoms with Gasteiger partial charge in [-0.05, 0) is 37.9 Å². The van der Waals surface area contributed by atoms with Gasteiger partial charge in [0, 0.05) is 24.8 Å². The van der Waals surface area contributed by atoms with E-state index in [9.17, 15) is 4.79 Å². The summed E-state index contributed by atoms with van der Waals surface area (Å²) in [6.45, 7) is 6.54. The number of carbonyl (C=O) groups is 1. The molecule has 1 aromatic heterocycles. The molecule has 0 aliphatic carbocycles. The molecule has 0 spiro atoms. The fraction of sp³-hybridized carbons (Fsp3) is 0.643. The minimum Gasteiger partial charge on any atom is -0.461 e. The van der Waals surface area contributed by atoms with E-state index in [1.807, 2.05) is 0 Å². The van der Waals surface area contributed by atoms with Gasteiger partial charge in [-0.3, -0.25) is 4.90 Å². The highest BCUT2D eigenvalue weighted by molar-refractivity contribution is 6.28. The van der Waals surface area contributed by atoms with E-state index in [0.717, 1.165) is 51.3 Å². The molecule has 1 aromatic rings. The fourth-order valence-electron chi connectivity index (χ4n) is 2.26. The van der Waals surface area contributed by atoms with Crippen LogP contribution in [0, 0.1) is 0 Å². The van der Waals surface area contributed by atoms with E-state index in [1.165, 1.54) is 0 Å². The summed E-state index contributed by atoms with van der Waals surface area (Å²) in [7, 11) is 0. The van der Waals surface area contributed by atoms with Crippen molar-refractivity contribution in [2.24, 2.45) is 0 Å². The minimum absolute atomic E-state index is 0.0648. The Morgan fingerprint density at radius 2 is 2.24 bits per heavy atom. The first-order valence-electron chi connectivity index (χ1n) is 7.19. The summed E-state index contributed by atoms with van der Waals surface area (Å²) in [5, 5.41) is 0.0648. The first-order chi connectivity index (χ1) is 10.2. The molecule has 1 aliphatic heterocycles. The van der Waals surface area contributed by atoms with E-state index in [-0.39, 0.29) is 11.0 Å². The Balaban J connectivity index is 1.93. The van der Waals surface area contributed by atoms with Crippen LogP contribution in [0.15, 0.2) is 6.20 Å². The number of esters is 1. The number of morpholine rings is 1. The summed E-state index contributed by atoms with van der Waals surface area (Å²) in [5.41, 5.74) is 1.06. The lowest BCUT2D eigenvalue weighted by Gasteiger charge is -2.26. The zero-order valence-corrected chi connectivity index (χ0v) is 12.9. The summed E-state index contributed by atoms with van der Waals surface area (Å²) >= 11 is 5.76. The zero-order chi connectivity index (χ0) is 15.1. The molecule has 21 heavy (non-hydrogen) atoms. The SMILES string of the molecule is CCOC(=O)c1nc(Cl)ncc1CCCN1CCOCC1. The van der Waals surface area contributed by atoms with Crippen molar-refractivity contribution in [1.82, 2.24) is 14.9 Å². The summed E-state index contributed by atoms with van der Waals surface area (Å²) in [6.07, 6.45) is 3.26. The lowest BCUT2D eigenvalue weighted by Crippen LogP contribution is -2.37. The first kappa shape index (κ1) is 16.1. The van der Waals surface area contributed by atoms with Crippen molar-refractivity contribution in [3.63, 3.8) is 0 Å². The van der Waals surface area contributed by atoms with Crippen LogP contribution in [-0.2, 0) is 15.9 Å². The van der Waals surface area contributed by atoms with Crippen LogP contribution in [0.25, 0.3) is 0 Å². The van der Waals surface area contributed by atoms with Gasteiger partial charge in [0.2, 0.25) is 5.28 Å². The number of hydrogen-bond donors (Lipinski definition) is 0. The van der Waals surface area contributed by atoms with Gasteiger partial charge in [-0.25, -0.2) is 14.8 Å². The number of aromatic nitrogens is 2. The molecule has 2 heterocycles. The molecule has 1 saturated heterocycles. The summed E-state index contributed by atoms with van der Waals surface area (Å²) in [4.78, 5) is 22.2. The molecule has 6 nitrogen and oxygen atoms in total. The molecule has 0 amide bonds. The lowest BCUT2D eigenvalue weighted by atomic mass is 10.1. The Bertz CT molecular complexity index is 479. The van der Waals surface area contributed by atoms with E-state index in [2.05, 4.69) is 14.9 Å². The first-order valence-corrected chi connectivity index (χ1v) is 7.57. The van der Waals surface area contributed by atoms with Crippen molar-refractivity contribution < 1.29 is 14.3 Å². The number of rotatable bonds is 6. The van der Waals surface area contributed by atoms with Crippen LogP contribution in [-0.4, -0.2) is 60.3 Å². The molecular weight excluding hydrogens is 294 g/mol. The third kappa shape index (κ3) is 4.91. The van der Waals surface area contributed by atoms with Gasteiger partial charge < -0.3 is 9.47 Å². The summed E-state index contributed by atoms with van der Waals surface area (Å²) in [5.74, 6) is -0.442. The second-order valence-electron chi connectivity index (χ2n) is 4.79. The predicted molar refractivity (Wildman–Crippen MR) is 78.6 cm³/mol. The highest BCUT2D eigenvalue weighted by atomic mass is 35.5. The number of halogens is 1. The van der Waals surface area contributed by atoms with E-state index in [0.29, 0.717) is 6.61 Å². The number of carbonyl (C=O) groups excluding carboxylic acids is 1. The van der Waals surface area contributed by atoms with E-state index >= 15 is 0 Å². The Hall–Kier alpha value is -1.24. The molecule has 0 atom stereocenters. The van der Waals surface area contributed by atoms with Gasteiger partial charge >= 0.3 is 5.97 Å². The molecule has 116 valence electrons. The average Bonchev–Trinajstić information content (AvgIpc) is 2.50. The molecule has 7 heteroatoms. The van der Waals surface area contributed by atoms with Crippen molar-refractivity contribution in [2.75, 3.05) is 39.5 Å². The normalized spacial score (nSPS) is 15.9. The lowest BCUT2D eigenvalue weighted by molar-refractivity contribution is 0.0374. The number of nitrogens with zero attached hydrogens (tertiary/aromatic N) is 3. The van der Waals surface area contributed by atoms with Crippen LogP contribution >= 0.6 is 11.6 Å². The highest BCUT2D eigenvalue weighted by Crippen LogP contribution is 2.13. The molecule has 0 aromatic carbocycles. The maximum atomic E-state index is 11.9. The Kier molecular flexibility index (Phi) is 6.35. The van der Waals surface area contributed by atoms with Crippen molar-refractivity contribution in [3.05, 3.63) is 22.7 Å². The van der Waals surface area contributed by atoms with Gasteiger partial charge in [0.25, 0.3) is 0 Å². The number of ether oxygens (including phenoxy) is 2. The van der Waals surface area contributed by atoms with Crippen molar-refractivity contribution in [3.8, 4) is 0 Å². The number of aryl methyl sites for hydroxylation is 1. The van der Waals surface area contributed by atoms with Crippen LogP contribution in [0.5, 0.6) is 0 Å². The molecule has 2 rings (SSSR count). The monoisotopic (exact) mass is 313 g/mol. The van der Waals surface area contributed by atoms with E-state index in [1.54, 1.807) is 13.1 Å². The largest absolute Gasteiger partial charge is 0.461 e. The van der Waals surface area contributed by atoms with E-state index < -0.39 is 5.97 Å². The van der Waals surface area contributed by atoms with Gasteiger partial charge in [0.15, 0.2) is 5.69 Å². The molecule has 0 radical (unpaired) electrons. The van der Waals surface area contributed by atoms with Crippen LogP contribution < -0.4 is 0 Å². The molecular formula is C14H20ClN3O3. The molecule has 0 bridgehead atoms. The summed E-state index contributed by atoms with van der Waals surface area (Å²) in [6, 6.07) is 0. The van der Waals surface area contributed by atoms with Crippen molar-refractivity contribution in [1.29, 1.82) is 0 Å². The van der Waals surface area contributed by atoms with Crippen LogP contribution in [0.2, 0.25) is 5.28 Å². The smallest absolute Gasteiger partial charge is 0.357 e. The second kappa shape index (κ2) is 8.26. The fourth-order valence-corrected chi connectivity index (χ4v) is 2.40. The number of hydrogen-bond acceptors (Lipinski definition) is 6. The van der Waals surface area contributed by atoms with Crippen LogP contribution in [0.1, 0.15) is 29.4 Å². The van der Waals surface area contributed by atoms with Gasteiger partial charge in [-0.2, -0.15) is 0 Å². The topological polar surface area (TPSA) is 64.5 Å². The standard InChI is InChI=1S/C14H20ClN3O3/c1-2-21-13(19)12-11(10-16-14(15)17-12)4-3-5-18-6-8-20-9-7-18/h10H,2-9H2,1H3. The average molecular weight is 314 g/mol. The molecule has 0 N–H and O–H groups in total. The Morgan fingerprint density at radius 1 is 1.48 bits per heavy atom. The van der Waals surface area contributed by atoms with Gasteiger partial charge in [0.1, 0.15) is 0 Å². The molecule has 1 aliphatic rings. The van der Waals surface area contributed by atoms with E-state index in [4.69, 9.17) is 21.1 Å². The Labute approximate surface area is 129 Å². The summed E-state index contributed by atoms with van der Waals surface area (Å²) < 4.78 is 10.3. The highest BCUT2D eigenvalue weighted by Gasteiger charge is 2.16. The zero-order valence-electron chi connectivity index (χ0n) is 12.2. The third-order valence-electron chi connectivity index (χ3n) is 3.33. The predicted octanol–water partition coefficient (Wildman–Crippen LogP) is 1.57. The van der Waals surface area contributed by atoms with Crippen molar-refractivity contribution in [2.45, 2.75) is 19.8 Å². The maximum absolute atomic E-state index is 11.9. The minimum atomic E-state index is -0.442. The van der Waals surface area contributed by atoms with Gasteiger partial charge in [0.05, 0.1) is 19.8 Å². The van der Waals surface area contributed by atoms with Crippen LogP contribution in [0.3, 0.4) is 0 Å². The molecule has 1 fully saturated rings. The third-order valence-corrected chi connectivity index (χ3v) is 3.51. The second-order valence-corrected chi connectivity index (χ2v) is 5.13. The van der Waals surface area contributed by atoms with Crippen molar-refractivity contribution >= 4 is 17.6 Å². The van der Waals surface area contributed by atoms with Gasteiger partial charge in [-0.15, -0.1) is 0 Å². The Morgan fingerprint density at radius 3 is 2.95 bits per heavy atom. The molecule has 0 saturated carbocycles. The molecule has 0 unspecified atom stereocenters. The van der Waals surface area contributed by atoms with Crippen LogP contribution in [0.4, 0.5) is 0 Å². The van der Waals surface area contributed by atoms with Gasteiger partial charge in [-0.1, -0.05) is 0 Å².